The van der Waals surface area contributed by atoms with Crippen molar-refractivity contribution in [3.8, 4) is 16.8 Å². The van der Waals surface area contributed by atoms with Gasteiger partial charge in [0.2, 0.25) is 0 Å². The first kappa shape index (κ1) is 32.0. The number of rotatable bonds is 5. The third-order valence-corrected chi connectivity index (χ3v) is 12.4. The fraction of sp³-hybridized carbons (Fsp3) is 0.0196. The summed E-state index contributed by atoms with van der Waals surface area (Å²) < 4.78 is 11.7. The molecule has 0 spiro atoms. The van der Waals surface area contributed by atoms with Crippen molar-refractivity contribution in [1.82, 2.24) is 9.88 Å². The second-order valence-electron chi connectivity index (χ2n) is 14.6. The Morgan fingerprint density at radius 1 is 0.526 bits per heavy atom. The third-order valence-electron chi connectivity index (χ3n) is 11.3. The minimum atomic E-state index is -0.297. The highest BCUT2D eigenvalue weighted by Crippen LogP contribution is 2.43. The predicted molar refractivity (Wildman–Crippen MR) is 238 cm³/mol. The maximum absolute atomic E-state index is 6.79. The van der Waals surface area contributed by atoms with Gasteiger partial charge in [-0.3, -0.25) is 0 Å². The van der Waals surface area contributed by atoms with Crippen LogP contribution in [0.3, 0.4) is 0 Å². The Balaban J connectivity index is 1.00. The predicted octanol–water partition coefficient (Wildman–Crippen LogP) is 13.2. The normalized spacial score (nSPS) is 14.5. The summed E-state index contributed by atoms with van der Waals surface area (Å²) in [5.41, 5.74) is 10.4. The van der Waals surface area contributed by atoms with Crippen molar-refractivity contribution in [1.29, 1.82) is 0 Å². The van der Waals surface area contributed by atoms with Crippen molar-refractivity contribution in [3.05, 3.63) is 199 Å². The Bertz CT molecular complexity index is 3450. The summed E-state index contributed by atoms with van der Waals surface area (Å²) in [6.07, 6.45) is -0.297. The average Bonchev–Trinajstić information content (AvgIpc) is 3.96. The molecule has 0 saturated carbocycles. The maximum Gasteiger partial charge on any atom is 0.159 e. The van der Waals surface area contributed by atoms with E-state index in [1.807, 2.05) is 17.4 Å². The summed E-state index contributed by atoms with van der Waals surface area (Å²) in [5.74, 6) is 1.48. The second kappa shape index (κ2) is 12.6. The third kappa shape index (κ3) is 5.08. The van der Waals surface area contributed by atoms with Crippen LogP contribution in [0.2, 0.25) is 0 Å². The number of nitrogens with zero attached hydrogens (tertiary/aromatic N) is 3. The van der Waals surface area contributed by atoms with Crippen molar-refractivity contribution in [3.63, 3.8) is 0 Å². The Kier molecular flexibility index (Phi) is 7.09. The molecule has 1 atom stereocenters. The van der Waals surface area contributed by atoms with Crippen LogP contribution in [-0.2, 0) is 0 Å². The topological polar surface area (TPSA) is 54.8 Å². The lowest BCUT2D eigenvalue weighted by atomic mass is 9.97. The number of para-hydroxylation sites is 3. The Morgan fingerprint density at radius 3 is 2.12 bits per heavy atom. The molecule has 3 aromatic heterocycles. The summed E-state index contributed by atoms with van der Waals surface area (Å²) in [6.45, 7) is 0. The van der Waals surface area contributed by atoms with Crippen molar-refractivity contribution < 1.29 is 4.42 Å². The van der Waals surface area contributed by atoms with E-state index in [9.17, 15) is 0 Å². The molecule has 12 rings (SSSR count). The summed E-state index contributed by atoms with van der Waals surface area (Å²) in [4.78, 5) is 10.4. The highest BCUT2D eigenvalue weighted by Gasteiger charge is 2.24. The number of furan rings is 1. The number of aliphatic imine (C=N–C) groups is 2. The lowest BCUT2D eigenvalue weighted by molar-refractivity contribution is 0.669. The molecule has 4 heterocycles. The van der Waals surface area contributed by atoms with Crippen LogP contribution in [0.1, 0.15) is 22.9 Å². The van der Waals surface area contributed by atoms with Crippen molar-refractivity contribution >= 4 is 86.9 Å². The van der Waals surface area contributed by atoms with Gasteiger partial charge in [-0.25, -0.2) is 9.98 Å². The van der Waals surface area contributed by atoms with E-state index in [1.165, 1.54) is 36.5 Å². The number of fused-ring (bicyclic) bond motifs is 9. The molecule has 0 saturated heterocycles. The number of aromatic nitrogens is 1. The van der Waals surface area contributed by atoms with Gasteiger partial charge in [0.05, 0.1) is 11.0 Å². The molecule has 268 valence electrons. The lowest BCUT2D eigenvalue weighted by Crippen LogP contribution is -2.33. The van der Waals surface area contributed by atoms with E-state index in [-0.39, 0.29) is 6.17 Å². The van der Waals surface area contributed by atoms with Crippen molar-refractivity contribution in [2.45, 2.75) is 6.17 Å². The monoisotopic (exact) mass is 748 g/mol. The number of thiophene rings is 1. The van der Waals surface area contributed by atoms with Crippen LogP contribution in [0, 0.1) is 0 Å². The molecule has 11 aromatic rings. The van der Waals surface area contributed by atoms with Crippen LogP contribution in [0.5, 0.6) is 0 Å². The summed E-state index contributed by atoms with van der Waals surface area (Å²) in [5, 5.41) is 10.7. The summed E-state index contributed by atoms with van der Waals surface area (Å²) in [6, 6.07) is 64.3. The fourth-order valence-corrected chi connectivity index (χ4v) is 9.80. The highest BCUT2D eigenvalue weighted by molar-refractivity contribution is 7.25. The molecular weight excluding hydrogens is 717 g/mol. The van der Waals surface area contributed by atoms with Gasteiger partial charge in [0.15, 0.2) is 5.84 Å². The van der Waals surface area contributed by atoms with Crippen LogP contribution in [0.4, 0.5) is 0 Å². The first-order valence-corrected chi connectivity index (χ1v) is 20.0. The first-order valence-electron chi connectivity index (χ1n) is 19.2. The SMILES string of the molecule is c1ccc(C2N=C(c3ccc4c(c3)sc3ccccc34)N=C(c3ccc4oc5c(-c6cccc7c6c6ccccc6n7-c6ccccc6)cccc5c4c3)N2)cc1. The van der Waals surface area contributed by atoms with Gasteiger partial charge >= 0.3 is 0 Å². The number of amidine groups is 2. The number of nitrogens with one attached hydrogen (secondary N) is 1. The van der Waals surface area contributed by atoms with E-state index < -0.39 is 0 Å². The number of benzene rings is 8. The van der Waals surface area contributed by atoms with E-state index in [0.29, 0.717) is 5.84 Å². The number of hydrogen-bond acceptors (Lipinski definition) is 5. The highest BCUT2D eigenvalue weighted by atomic mass is 32.1. The zero-order valence-electron chi connectivity index (χ0n) is 30.6. The van der Waals surface area contributed by atoms with Crippen LogP contribution < -0.4 is 5.32 Å². The molecule has 0 aliphatic carbocycles. The van der Waals surface area contributed by atoms with E-state index >= 15 is 0 Å². The molecule has 6 heteroatoms. The molecule has 0 bridgehead atoms. The molecule has 1 unspecified atom stereocenters. The average molecular weight is 749 g/mol. The van der Waals surface area contributed by atoms with Crippen molar-refractivity contribution in [2.24, 2.45) is 9.98 Å². The molecule has 8 aromatic carbocycles. The van der Waals surface area contributed by atoms with Crippen LogP contribution >= 0.6 is 11.3 Å². The first-order chi connectivity index (χ1) is 28.2. The molecule has 5 nitrogen and oxygen atoms in total. The summed E-state index contributed by atoms with van der Waals surface area (Å²) in [7, 11) is 0. The van der Waals surface area contributed by atoms with Crippen molar-refractivity contribution in [2.75, 3.05) is 0 Å². The number of hydrogen-bond donors (Lipinski definition) is 1. The Hall–Kier alpha value is -7.28. The largest absolute Gasteiger partial charge is 0.455 e. The van der Waals surface area contributed by atoms with Gasteiger partial charge in [-0.05, 0) is 65.7 Å². The molecule has 0 radical (unpaired) electrons. The van der Waals surface area contributed by atoms with E-state index in [0.717, 1.165) is 66.8 Å². The van der Waals surface area contributed by atoms with Crippen LogP contribution in [0.15, 0.2) is 196 Å². The second-order valence-corrected chi connectivity index (χ2v) is 15.6. The quantitative estimate of drug-likeness (QED) is 0.191. The van der Waals surface area contributed by atoms with Crippen LogP contribution in [-0.4, -0.2) is 16.2 Å². The van der Waals surface area contributed by atoms with Crippen LogP contribution in [0.25, 0.3) is 80.7 Å². The van der Waals surface area contributed by atoms with Gasteiger partial charge in [0.25, 0.3) is 0 Å². The van der Waals surface area contributed by atoms with E-state index in [4.69, 9.17) is 14.4 Å². The molecule has 57 heavy (non-hydrogen) atoms. The molecule has 1 N–H and O–H groups in total. The van der Waals surface area contributed by atoms with Gasteiger partial charge in [0, 0.05) is 64.1 Å². The minimum absolute atomic E-state index is 0.297. The zero-order chi connectivity index (χ0) is 37.5. The molecule has 1 aliphatic rings. The van der Waals surface area contributed by atoms with Gasteiger partial charge in [-0.2, -0.15) is 0 Å². The Morgan fingerprint density at radius 2 is 1.23 bits per heavy atom. The van der Waals surface area contributed by atoms with E-state index in [1.54, 1.807) is 0 Å². The minimum Gasteiger partial charge on any atom is -0.455 e. The van der Waals surface area contributed by atoms with E-state index in [2.05, 4.69) is 186 Å². The van der Waals surface area contributed by atoms with Gasteiger partial charge in [-0.1, -0.05) is 127 Å². The van der Waals surface area contributed by atoms with Gasteiger partial charge < -0.3 is 14.3 Å². The molecule has 0 amide bonds. The smallest absolute Gasteiger partial charge is 0.159 e. The lowest BCUT2D eigenvalue weighted by Gasteiger charge is -2.23. The zero-order valence-corrected chi connectivity index (χ0v) is 31.4. The van der Waals surface area contributed by atoms with Gasteiger partial charge in [0.1, 0.15) is 23.2 Å². The van der Waals surface area contributed by atoms with Gasteiger partial charge in [-0.15, -0.1) is 11.3 Å². The standard InChI is InChI=1S/C51H32N4OS/c1-3-13-31(14-4-1)49-52-50(54-51(53-49)33-25-27-36-35-17-8-10-24-45(35)57-46(36)30-33)32-26-28-44-41(29-32)39-21-11-20-38(48(39)56-44)37-19-12-23-43-47(37)40-18-7-9-22-42(40)55(43)34-15-5-2-6-16-34/h1-30,49H,(H,52,53,54). The maximum atomic E-state index is 6.79. The fourth-order valence-electron chi connectivity index (χ4n) is 8.65. The molecule has 0 fully saturated rings. The summed E-state index contributed by atoms with van der Waals surface area (Å²) >= 11 is 1.81. The molecular formula is C51H32N4OS. The Labute approximate surface area is 331 Å². The molecule has 1 aliphatic heterocycles.